The summed E-state index contributed by atoms with van der Waals surface area (Å²) < 4.78 is 0. The standard InChI is InChI=1S/C14H27N3O6/c1-9(2)6-7-10(18)11(19)17(23)13(21)16(12(20)15-5)8-14(3,4)22/h9-10,18,22-23H,6-8H2,1-5H3,(H,15,20)/t10-/m0/s1. The zero-order valence-corrected chi connectivity index (χ0v) is 14.2. The van der Waals surface area contributed by atoms with Crippen molar-refractivity contribution in [2.75, 3.05) is 13.6 Å². The molecule has 0 aliphatic rings. The molecular weight excluding hydrogens is 306 g/mol. The van der Waals surface area contributed by atoms with Gasteiger partial charge in [-0.3, -0.25) is 10.0 Å². The van der Waals surface area contributed by atoms with E-state index in [-0.39, 0.29) is 17.4 Å². The van der Waals surface area contributed by atoms with E-state index in [0.29, 0.717) is 11.3 Å². The van der Waals surface area contributed by atoms with Crippen molar-refractivity contribution in [1.29, 1.82) is 0 Å². The molecule has 0 aromatic rings. The van der Waals surface area contributed by atoms with Gasteiger partial charge in [0.2, 0.25) is 0 Å². The van der Waals surface area contributed by atoms with Crippen LogP contribution in [0.2, 0.25) is 0 Å². The van der Waals surface area contributed by atoms with Crippen molar-refractivity contribution in [3.63, 3.8) is 0 Å². The van der Waals surface area contributed by atoms with Crippen LogP contribution < -0.4 is 5.32 Å². The number of hydroxylamine groups is 2. The Morgan fingerprint density at radius 3 is 2.09 bits per heavy atom. The number of nitrogens with one attached hydrogen (secondary N) is 1. The molecule has 0 aromatic carbocycles. The molecule has 0 aliphatic carbocycles. The van der Waals surface area contributed by atoms with Gasteiger partial charge >= 0.3 is 12.1 Å². The maximum atomic E-state index is 12.1. The number of amides is 5. The highest BCUT2D eigenvalue weighted by Gasteiger charge is 2.35. The van der Waals surface area contributed by atoms with Gasteiger partial charge in [0.05, 0.1) is 12.1 Å². The Hall–Kier alpha value is -1.71. The third kappa shape index (κ3) is 7.40. The number of urea groups is 2. The van der Waals surface area contributed by atoms with Crippen LogP contribution in [-0.4, -0.2) is 68.7 Å². The van der Waals surface area contributed by atoms with Crippen LogP contribution in [0.25, 0.3) is 0 Å². The highest BCUT2D eigenvalue weighted by atomic mass is 16.5. The fourth-order valence-corrected chi connectivity index (χ4v) is 1.71. The topological polar surface area (TPSA) is 130 Å². The van der Waals surface area contributed by atoms with E-state index >= 15 is 0 Å². The minimum Gasteiger partial charge on any atom is -0.389 e. The SMILES string of the molecule is CNC(=O)N(CC(C)(C)O)C(=O)N(O)C(=O)[C@@H](O)CCC(C)C. The lowest BCUT2D eigenvalue weighted by Gasteiger charge is -2.29. The van der Waals surface area contributed by atoms with Crippen molar-refractivity contribution >= 4 is 18.0 Å². The van der Waals surface area contributed by atoms with E-state index in [9.17, 15) is 29.8 Å². The molecule has 0 heterocycles. The molecule has 23 heavy (non-hydrogen) atoms. The maximum absolute atomic E-state index is 12.1. The molecule has 134 valence electrons. The zero-order chi connectivity index (χ0) is 18.4. The molecular formula is C14H27N3O6. The Morgan fingerprint density at radius 1 is 1.17 bits per heavy atom. The summed E-state index contributed by atoms with van der Waals surface area (Å²) in [5.74, 6) is -0.988. The van der Waals surface area contributed by atoms with Crippen molar-refractivity contribution < 1.29 is 29.8 Å². The summed E-state index contributed by atoms with van der Waals surface area (Å²) in [4.78, 5) is 36.2. The van der Waals surface area contributed by atoms with Gasteiger partial charge in [-0.2, -0.15) is 0 Å². The Kier molecular flexibility index (Phi) is 8.15. The Balaban J connectivity index is 5.04. The lowest BCUT2D eigenvalue weighted by atomic mass is 10.0. The minimum absolute atomic E-state index is 0.0757. The Morgan fingerprint density at radius 2 is 1.70 bits per heavy atom. The molecule has 4 N–H and O–H groups in total. The number of aliphatic hydroxyl groups is 2. The average Bonchev–Trinajstić information content (AvgIpc) is 2.46. The molecule has 9 heteroatoms. The van der Waals surface area contributed by atoms with Gasteiger partial charge in [0.1, 0.15) is 6.10 Å². The van der Waals surface area contributed by atoms with Crippen LogP contribution in [0.5, 0.6) is 0 Å². The summed E-state index contributed by atoms with van der Waals surface area (Å²) >= 11 is 0. The average molecular weight is 333 g/mol. The van der Waals surface area contributed by atoms with Gasteiger partial charge in [-0.15, -0.1) is 5.06 Å². The highest BCUT2D eigenvalue weighted by molar-refractivity contribution is 6.01. The van der Waals surface area contributed by atoms with Crippen LogP contribution in [0.4, 0.5) is 9.59 Å². The molecule has 0 unspecified atom stereocenters. The van der Waals surface area contributed by atoms with Crippen LogP contribution in [0.1, 0.15) is 40.5 Å². The summed E-state index contributed by atoms with van der Waals surface area (Å²) in [7, 11) is 1.26. The summed E-state index contributed by atoms with van der Waals surface area (Å²) in [6.07, 6.45) is -0.954. The fraction of sp³-hybridized carbons (Fsp3) is 0.786. The van der Waals surface area contributed by atoms with Gasteiger partial charge in [0.15, 0.2) is 0 Å². The van der Waals surface area contributed by atoms with Crippen LogP contribution in [0, 0.1) is 5.92 Å². The van der Waals surface area contributed by atoms with Gasteiger partial charge < -0.3 is 15.5 Å². The molecule has 1 atom stereocenters. The quantitative estimate of drug-likeness (QED) is 0.414. The van der Waals surface area contributed by atoms with E-state index in [1.165, 1.54) is 20.9 Å². The second-order valence-corrected chi connectivity index (χ2v) is 6.37. The molecule has 0 radical (unpaired) electrons. The predicted molar refractivity (Wildman–Crippen MR) is 81.6 cm³/mol. The molecule has 0 rings (SSSR count). The van der Waals surface area contributed by atoms with E-state index in [1.54, 1.807) is 0 Å². The van der Waals surface area contributed by atoms with Gasteiger partial charge in [-0.25, -0.2) is 14.5 Å². The van der Waals surface area contributed by atoms with Crippen molar-refractivity contribution in [2.24, 2.45) is 5.92 Å². The summed E-state index contributed by atoms with van der Waals surface area (Å²) in [6, 6.07) is -2.25. The first-order valence-corrected chi connectivity index (χ1v) is 7.37. The minimum atomic E-state index is -1.56. The summed E-state index contributed by atoms with van der Waals surface area (Å²) in [6.45, 7) is 6.07. The lowest BCUT2D eigenvalue weighted by Crippen LogP contribution is -2.55. The third-order valence-corrected chi connectivity index (χ3v) is 2.93. The smallest absolute Gasteiger partial charge is 0.359 e. The Bertz CT molecular complexity index is 433. The normalized spacial score (nSPS) is 12.7. The second-order valence-electron chi connectivity index (χ2n) is 6.37. The maximum Gasteiger partial charge on any atom is 0.359 e. The summed E-state index contributed by atoms with van der Waals surface area (Å²) in [5.41, 5.74) is -1.43. The highest BCUT2D eigenvalue weighted by Crippen LogP contribution is 2.11. The van der Waals surface area contributed by atoms with E-state index < -0.39 is 36.2 Å². The van der Waals surface area contributed by atoms with E-state index in [0.717, 1.165) is 0 Å². The first kappa shape index (κ1) is 21.3. The first-order chi connectivity index (χ1) is 10.4. The molecule has 5 amide bonds. The first-order valence-electron chi connectivity index (χ1n) is 7.37. The monoisotopic (exact) mass is 333 g/mol. The van der Waals surface area contributed by atoms with Crippen LogP contribution in [0.15, 0.2) is 0 Å². The van der Waals surface area contributed by atoms with Crippen LogP contribution >= 0.6 is 0 Å². The lowest BCUT2D eigenvalue weighted by molar-refractivity contribution is -0.164. The molecule has 0 aliphatic heterocycles. The van der Waals surface area contributed by atoms with Crippen LogP contribution in [0.3, 0.4) is 0 Å². The number of hydrogen-bond donors (Lipinski definition) is 4. The van der Waals surface area contributed by atoms with Gasteiger partial charge in [-0.1, -0.05) is 13.8 Å². The fourth-order valence-electron chi connectivity index (χ4n) is 1.71. The number of imide groups is 2. The van der Waals surface area contributed by atoms with E-state index in [1.807, 2.05) is 13.8 Å². The molecule has 0 bridgehead atoms. The largest absolute Gasteiger partial charge is 0.389 e. The Labute approximate surface area is 135 Å². The van der Waals surface area contributed by atoms with E-state index in [4.69, 9.17) is 0 Å². The van der Waals surface area contributed by atoms with Crippen molar-refractivity contribution in [3.05, 3.63) is 0 Å². The van der Waals surface area contributed by atoms with Gasteiger partial charge in [-0.05, 0) is 32.6 Å². The molecule has 0 fully saturated rings. The number of aliphatic hydroxyl groups excluding tert-OH is 1. The number of carbonyl (C=O) groups excluding carboxylic acids is 3. The van der Waals surface area contributed by atoms with Crippen molar-refractivity contribution in [3.8, 4) is 0 Å². The molecule has 0 saturated carbocycles. The second kappa shape index (κ2) is 8.80. The van der Waals surface area contributed by atoms with Crippen LogP contribution in [-0.2, 0) is 4.79 Å². The molecule has 0 spiro atoms. The molecule has 9 nitrogen and oxygen atoms in total. The number of carbonyl (C=O) groups is 3. The number of rotatable bonds is 6. The van der Waals surface area contributed by atoms with E-state index in [2.05, 4.69) is 5.32 Å². The van der Waals surface area contributed by atoms with Gasteiger partial charge in [0, 0.05) is 7.05 Å². The molecule has 0 aromatic heterocycles. The number of nitrogens with zero attached hydrogens (tertiary/aromatic N) is 2. The predicted octanol–water partition coefficient (Wildman–Crippen LogP) is 0.534. The van der Waals surface area contributed by atoms with Crippen molar-refractivity contribution in [1.82, 2.24) is 15.3 Å². The number of hydrogen-bond acceptors (Lipinski definition) is 6. The summed E-state index contributed by atoms with van der Waals surface area (Å²) in [5, 5.41) is 31.1. The third-order valence-electron chi connectivity index (χ3n) is 2.93. The molecule has 0 saturated heterocycles. The van der Waals surface area contributed by atoms with Crippen molar-refractivity contribution in [2.45, 2.75) is 52.2 Å². The zero-order valence-electron chi connectivity index (χ0n) is 14.2. The van der Waals surface area contributed by atoms with Gasteiger partial charge in [0.25, 0.3) is 5.91 Å².